The van der Waals surface area contributed by atoms with Crippen molar-refractivity contribution in [3.63, 3.8) is 0 Å². The van der Waals surface area contributed by atoms with Crippen LogP contribution in [0.25, 0.3) is 0 Å². The molecule has 1 aromatic heterocycles. The highest BCUT2D eigenvalue weighted by molar-refractivity contribution is 9.10. The molecule has 0 radical (unpaired) electrons. The van der Waals surface area contributed by atoms with Crippen molar-refractivity contribution < 1.29 is 19.0 Å². The minimum atomic E-state index is -0.288. The van der Waals surface area contributed by atoms with Gasteiger partial charge in [-0.2, -0.15) is 5.26 Å². The Morgan fingerprint density at radius 3 is 2.87 bits per heavy atom. The third-order valence-corrected chi connectivity index (χ3v) is 5.28. The number of pyridine rings is 1. The Kier molecular flexibility index (Phi) is 7.91. The monoisotopic (exact) mass is 473 g/mol. The number of nitriles is 1. The normalized spacial score (nSPS) is 13.5. The largest absolute Gasteiger partial charge is 0.490 e. The number of rotatable bonds is 9. The molecule has 0 bridgehead atoms. The van der Waals surface area contributed by atoms with Crippen molar-refractivity contribution in [1.29, 1.82) is 5.26 Å². The Labute approximate surface area is 184 Å². The smallest absolute Gasteiger partial charge is 0.258 e. The molecule has 0 unspecified atom stereocenters. The first kappa shape index (κ1) is 21.9. The van der Waals surface area contributed by atoms with E-state index in [1.54, 1.807) is 18.3 Å². The summed E-state index contributed by atoms with van der Waals surface area (Å²) >= 11 is 3.37. The van der Waals surface area contributed by atoms with Crippen LogP contribution in [0.4, 0.5) is 0 Å². The predicted octanol–water partition coefficient (Wildman–Crippen LogP) is 4.13. The number of nitrogens with zero attached hydrogens (tertiary/aromatic N) is 2. The number of aromatic nitrogens is 1. The van der Waals surface area contributed by atoms with Crippen molar-refractivity contribution in [2.75, 3.05) is 13.2 Å². The van der Waals surface area contributed by atoms with Gasteiger partial charge in [-0.3, -0.25) is 4.79 Å². The highest BCUT2D eigenvalue weighted by atomic mass is 79.9. The molecule has 1 fully saturated rings. The summed E-state index contributed by atoms with van der Waals surface area (Å²) in [5.74, 6) is 1.08. The zero-order valence-corrected chi connectivity index (χ0v) is 18.4. The Bertz CT molecular complexity index is 923. The van der Waals surface area contributed by atoms with Gasteiger partial charge in [-0.05, 0) is 60.7 Å². The number of benzene rings is 1. The maximum absolute atomic E-state index is 12.3. The fraction of sp³-hybridized carbons (Fsp3) is 0.409. The van der Waals surface area contributed by atoms with Crippen molar-refractivity contribution in [3.05, 3.63) is 46.1 Å². The molecule has 30 heavy (non-hydrogen) atoms. The number of hydrogen-bond donors (Lipinski definition) is 1. The van der Waals surface area contributed by atoms with E-state index in [1.807, 2.05) is 19.1 Å². The standard InChI is InChI=1S/C22H24BrN3O4/c1-2-28-19-11-15(12-24)10-18(23)21(19)29-14-20(27)26-13-16-6-5-9-25-22(16)30-17-7-3-4-8-17/h5-6,9-11,17H,2-4,7-8,13-14H2,1H3,(H,26,27). The molecular formula is C22H24BrN3O4. The molecule has 2 aromatic rings. The molecule has 1 N–H and O–H groups in total. The Morgan fingerprint density at radius 2 is 2.13 bits per heavy atom. The molecule has 1 amide bonds. The molecule has 0 aliphatic heterocycles. The Balaban J connectivity index is 1.58. The summed E-state index contributed by atoms with van der Waals surface area (Å²) in [6.45, 7) is 2.35. The van der Waals surface area contributed by atoms with E-state index >= 15 is 0 Å². The summed E-state index contributed by atoms with van der Waals surface area (Å²) in [6, 6.07) is 8.99. The number of carbonyl (C=O) groups excluding carboxylic acids is 1. The van der Waals surface area contributed by atoms with Gasteiger partial charge in [0.1, 0.15) is 6.10 Å². The van der Waals surface area contributed by atoms with Crippen LogP contribution < -0.4 is 19.5 Å². The number of amides is 1. The van der Waals surface area contributed by atoms with Gasteiger partial charge in [0, 0.05) is 24.4 Å². The van der Waals surface area contributed by atoms with Crippen LogP contribution in [0.5, 0.6) is 17.4 Å². The van der Waals surface area contributed by atoms with E-state index < -0.39 is 0 Å². The zero-order chi connectivity index (χ0) is 21.3. The van der Waals surface area contributed by atoms with E-state index in [0.29, 0.717) is 40.6 Å². The van der Waals surface area contributed by atoms with Crippen LogP contribution in [-0.2, 0) is 11.3 Å². The molecule has 0 spiro atoms. The molecule has 1 heterocycles. The van der Waals surface area contributed by atoms with E-state index in [-0.39, 0.29) is 18.6 Å². The lowest BCUT2D eigenvalue weighted by Crippen LogP contribution is -2.29. The molecule has 3 rings (SSSR count). The molecule has 158 valence electrons. The molecule has 8 heteroatoms. The minimum Gasteiger partial charge on any atom is -0.490 e. The zero-order valence-electron chi connectivity index (χ0n) is 16.8. The van der Waals surface area contributed by atoms with Crippen molar-refractivity contribution >= 4 is 21.8 Å². The van der Waals surface area contributed by atoms with Crippen LogP contribution in [0, 0.1) is 11.3 Å². The third kappa shape index (κ3) is 5.86. The first-order valence-electron chi connectivity index (χ1n) is 9.97. The number of ether oxygens (including phenoxy) is 3. The third-order valence-electron chi connectivity index (χ3n) is 4.69. The molecule has 1 aliphatic carbocycles. The molecular weight excluding hydrogens is 450 g/mol. The van der Waals surface area contributed by atoms with E-state index in [4.69, 9.17) is 19.5 Å². The maximum atomic E-state index is 12.3. The van der Waals surface area contributed by atoms with Gasteiger partial charge in [-0.15, -0.1) is 0 Å². The molecule has 1 saturated carbocycles. The summed E-state index contributed by atoms with van der Waals surface area (Å²) in [5.41, 5.74) is 1.26. The minimum absolute atomic E-state index is 0.191. The predicted molar refractivity (Wildman–Crippen MR) is 114 cm³/mol. The first-order valence-corrected chi connectivity index (χ1v) is 10.8. The average Bonchev–Trinajstić information content (AvgIpc) is 3.25. The topological polar surface area (TPSA) is 93.5 Å². The number of nitrogens with one attached hydrogen (secondary N) is 1. The summed E-state index contributed by atoms with van der Waals surface area (Å²) in [6.07, 6.45) is 6.32. The SMILES string of the molecule is CCOc1cc(C#N)cc(Br)c1OCC(=O)NCc1cccnc1OC1CCCC1. The van der Waals surface area contributed by atoms with Gasteiger partial charge in [0.2, 0.25) is 5.88 Å². The number of carbonyl (C=O) groups is 1. The fourth-order valence-electron chi connectivity index (χ4n) is 3.25. The van der Waals surface area contributed by atoms with Crippen LogP contribution in [0.1, 0.15) is 43.7 Å². The molecule has 7 nitrogen and oxygen atoms in total. The van der Waals surface area contributed by atoms with Gasteiger partial charge < -0.3 is 19.5 Å². The Morgan fingerprint density at radius 1 is 1.33 bits per heavy atom. The molecule has 0 atom stereocenters. The van der Waals surface area contributed by atoms with Crippen LogP contribution in [0.15, 0.2) is 34.9 Å². The molecule has 1 aromatic carbocycles. The van der Waals surface area contributed by atoms with E-state index in [0.717, 1.165) is 18.4 Å². The van der Waals surface area contributed by atoms with Crippen LogP contribution in [0.3, 0.4) is 0 Å². The number of halogens is 1. The summed E-state index contributed by atoms with van der Waals surface area (Å²) in [4.78, 5) is 16.7. The van der Waals surface area contributed by atoms with Gasteiger partial charge in [-0.1, -0.05) is 6.07 Å². The van der Waals surface area contributed by atoms with E-state index in [2.05, 4.69) is 32.3 Å². The van der Waals surface area contributed by atoms with Crippen molar-refractivity contribution in [1.82, 2.24) is 10.3 Å². The van der Waals surface area contributed by atoms with Gasteiger partial charge in [0.05, 0.1) is 22.7 Å². The highest BCUT2D eigenvalue weighted by Crippen LogP contribution is 2.36. The number of hydrogen-bond acceptors (Lipinski definition) is 6. The quantitative estimate of drug-likeness (QED) is 0.588. The van der Waals surface area contributed by atoms with Crippen LogP contribution in [0.2, 0.25) is 0 Å². The molecule has 0 saturated heterocycles. The van der Waals surface area contributed by atoms with Crippen LogP contribution >= 0.6 is 15.9 Å². The second-order valence-corrected chi connectivity index (χ2v) is 7.74. The van der Waals surface area contributed by atoms with Gasteiger partial charge in [0.15, 0.2) is 18.1 Å². The fourth-order valence-corrected chi connectivity index (χ4v) is 3.80. The van der Waals surface area contributed by atoms with Gasteiger partial charge >= 0.3 is 0 Å². The van der Waals surface area contributed by atoms with Crippen LogP contribution in [-0.4, -0.2) is 30.2 Å². The summed E-state index contributed by atoms with van der Waals surface area (Å²) < 4.78 is 17.8. The highest BCUT2D eigenvalue weighted by Gasteiger charge is 2.19. The van der Waals surface area contributed by atoms with Crippen molar-refractivity contribution in [2.24, 2.45) is 0 Å². The molecule has 1 aliphatic rings. The van der Waals surface area contributed by atoms with Gasteiger partial charge in [0.25, 0.3) is 5.91 Å². The lowest BCUT2D eigenvalue weighted by atomic mass is 10.2. The average molecular weight is 474 g/mol. The summed E-state index contributed by atoms with van der Waals surface area (Å²) in [7, 11) is 0. The lowest BCUT2D eigenvalue weighted by Gasteiger charge is -2.16. The van der Waals surface area contributed by atoms with Crippen molar-refractivity contribution in [3.8, 4) is 23.4 Å². The Hall–Kier alpha value is -2.79. The maximum Gasteiger partial charge on any atom is 0.258 e. The van der Waals surface area contributed by atoms with E-state index in [9.17, 15) is 4.79 Å². The second kappa shape index (κ2) is 10.8. The lowest BCUT2D eigenvalue weighted by molar-refractivity contribution is -0.123. The first-order chi connectivity index (χ1) is 14.6. The second-order valence-electron chi connectivity index (χ2n) is 6.89. The van der Waals surface area contributed by atoms with Gasteiger partial charge in [-0.25, -0.2) is 4.98 Å². The summed E-state index contributed by atoms with van der Waals surface area (Å²) in [5, 5.41) is 11.9. The van der Waals surface area contributed by atoms with Crippen molar-refractivity contribution in [2.45, 2.75) is 45.3 Å². The van der Waals surface area contributed by atoms with E-state index in [1.165, 1.54) is 12.8 Å².